The third kappa shape index (κ3) is 6.53. The molecule has 0 N–H and O–H groups in total. The van der Waals surface area contributed by atoms with E-state index in [0.717, 1.165) is 12.8 Å². The van der Waals surface area contributed by atoms with Gasteiger partial charge in [0.1, 0.15) is 11.1 Å². The number of aryl methyl sites for hydroxylation is 1. The molecule has 27 heavy (non-hydrogen) atoms. The molecule has 0 saturated heterocycles. The van der Waals surface area contributed by atoms with Gasteiger partial charge in [-0.15, -0.1) is 6.58 Å². The minimum atomic E-state index is -0.651. The summed E-state index contributed by atoms with van der Waals surface area (Å²) in [5, 5.41) is 0.507. The van der Waals surface area contributed by atoms with Crippen LogP contribution in [0.15, 0.2) is 40.1 Å². The number of fused-ring (bicyclic) bond motifs is 1. The molecule has 4 heteroatoms. The summed E-state index contributed by atoms with van der Waals surface area (Å²) in [7, 11) is 0. The smallest absolute Gasteiger partial charge is 0.346 e. The largest absolute Gasteiger partial charge is 0.490 e. The Morgan fingerprint density at radius 3 is 2.52 bits per heavy atom. The van der Waals surface area contributed by atoms with Crippen molar-refractivity contribution in [2.75, 3.05) is 6.61 Å². The van der Waals surface area contributed by atoms with Crippen LogP contribution in [0, 0.1) is 5.82 Å². The van der Waals surface area contributed by atoms with Gasteiger partial charge in [-0.3, -0.25) is 0 Å². The Balaban J connectivity index is 1.88. The average molecular weight is 374 g/mol. The van der Waals surface area contributed by atoms with Crippen LogP contribution < -0.4 is 10.4 Å². The number of rotatable bonds is 13. The van der Waals surface area contributed by atoms with Gasteiger partial charge in [0.15, 0.2) is 11.6 Å². The van der Waals surface area contributed by atoms with Crippen molar-refractivity contribution in [3.63, 3.8) is 0 Å². The lowest BCUT2D eigenvalue weighted by Crippen LogP contribution is -2.07. The number of unbranched alkanes of at least 4 members (excludes halogenated alkanes) is 7. The van der Waals surface area contributed by atoms with E-state index in [1.807, 2.05) is 0 Å². The molecule has 0 atom stereocenters. The van der Waals surface area contributed by atoms with Gasteiger partial charge in [0.25, 0.3) is 0 Å². The molecular weight excluding hydrogens is 343 g/mol. The molecule has 0 fully saturated rings. The average Bonchev–Trinajstić information content (AvgIpc) is 2.66. The Labute approximate surface area is 161 Å². The van der Waals surface area contributed by atoms with Crippen molar-refractivity contribution in [1.82, 2.24) is 0 Å². The summed E-state index contributed by atoms with van der Waals surface area (Å²) in [5.74, 6) is 0.0343. The van der Waals surface area contributed by atoms with Crippen molar-refractivity contribution in [2.45, 2.75) is 71.1 Å². The van der Waals surface area contributed by atoms with E-state index in [4.69, 9.17) is 9.15 Å². The Hall–Kier alpha value is -2.10. The molecular formula is C23H31FO3. The molecule has 148 valence electrons. The van der Waals surface area contributed by atoms with Crippen LogP contribution in [-0.2, 0) is 6.42 Å². The SMILES string of the molecule is C=CCCc1cc2ccc(OCCCCCCCCCC)c(F)c2c(=O)o1. The number of halogens is 1. The molecule has 0 aliphatic carbocycles. The lowest BCUT2D eigenvalue weighted by molar-refractivity contribution is 0.291. The minimum Gasteiger partial charge on any atom is -0.490 e. The van der Waals surface area contributed by atoms with Crippen molar-refractivity contribution in [3.8, 4) is 5.75 Å². The van der Waals surface area contributed by atoms with Gasteiger partial charge >= 0.3 is 5.63 Å². The maximum atomic E-state index is 14.7. The minimum absolute atomic E-state index is 0.0363. The van der Waals surface area contributed by atoms with E-state index in [1.54, 1.807) is 24.3 Å². The molecule has 0 bridgehead atoms. The lowest BCUT2D eigenvalue weighted by Gasteiger charge is -2.09. The molecule has 1 aromatic carbocycles. The summed E-state index contributed by atoms with van der Waals surface area (Å²) >= 11 is 0. The first kappa shape index (κ1) is 21.2. The third-order valence-electron chi connectivity index (χ3n) is 4.73. The van der Waals surface area contributed by atoms with Crippen molar-refractivity contribution in [2.24, 2.45) is 0 Å². The Bertz CT molecular complexity index is 779. The van der Waals surface area contributed by atoms with Gasteiger partial charge < -0.3 is 9.15 Å². The number of benzene rings is 1. The first-order valence-corrected chi connectivity index (χ1v) is 10.2. The number of allylic oxidation sites excluding steroid dienone is 1. The summed E-state index contributed by atoms with van der Waals surface area (Å²) in [6.07, 6.45) is 12.6. The topological polar surface area (TPSA) is 39.4 Å². The van der Waals surface area contributed by atoms with Gasteiger partial charge in [0.05, 0.1) is 6.61 Å². The molecule has 1 heterocycles. The highest BCUT2D eigenvalue weighted by Crippen LogP contribution is 2.25. The zero-order chi connectivity index (χ0) is 19.5. The maximum absolute atomic E-state index is 14.7. The van der Waals surface area contributed by atoms with Crippen molar-refractivity contribution in [1.29, 1.82) is 0 Å². The molecule has 0 radical (unpaired) electrons. The van der Waals surface area contributed by atoms with Gasteiger partial charge in [-0.2, -0.15) is 0 Å². The molecule has 1 aromatic heterocycles. The third-order valence-corrected chi connectivity index (χ3v) is 4.73. The van der Waals surface area contributed by atoms with E-state index < -0.39 is 11.4 Å². The molecule has 0 unspecified atom stereocenters. The highest BCUT2D eigenvalue weighted by Gasteiger charge is 2.14. The van der Waals surface area contributed by atoms with E-state index >= 15 is 0 Å². The summed E-state index contributed by atoms with van der Waals surface area (Å²) in [6.45, 7) is 6.33. The predicted molar refractivity (Wildman–Crippen MR) is 109 cm³/mol. The van der Waals surface area contributed by atoms with E-state index in [-0.39, 0.29) is 11.1 Å². The van der Waals surface area contributed by atoms with Crippen LogP contribution in [0.2, 0.25) is 0 Å². The highest BCUT2D eigenvalue weighted by molar-refractivity contribution is 5.83. The monoisotopic (exact) mass is 374 g/mol. The van der Waals surface area contributed by atoms with Gasteiger partial charge in [-0.05, 0) is 30.4 Å². The summed E-state index contributed by atoms with van der Waals surface area (Å²) in [4.78, 5) is 12.2. The van der Waals surface area contributed by atoms with Gasteiger partial charge in [0.2, 0.25) is 0 Å². The van der Waals surface area contributed by atoms with E-state index in [9.17, 15) is 9.18 Å². The normalized spacial score (nSPS) is 11.0. The van der Waals surface area contributed by atoms with Gasteiger partial charge in [0, 0.05) is 6.42 Å². The molecule has 0 saturated carbocycles. The van der Waals surface area contributed by atoms with Crippen LogP contribution in [0.5, 0.6) is 5.75 Å². The molecule has 2 rings (SSSR count). The second-order valence-corrected chi connectivity index (χ2v) is 6.99. The van der Waals surface area contributed by atoms with Crippen LogP contribution in [-0.4, -0.2) is 6.61 Å². The maximum Gasteiger partial charge on any atom is 0.346 e. The fraction of sp³-hybridized carbons (Fsp3) is 0.522. The second kappa shape index (κ2) is 11.6. The van der Waals surface area contributed by atoms with E-state index in [2.05, 4.69) is 13.5 Å². The van der Waals surface area contributed by atoms with Crippen LogP contribution in [0.3, 0.4) is 0 Å². The van der Waals surface area contributed by atoms with Crippen LogP contribution >= 0.6 is 0 Å². The van der Waals surface area contributed by atoms with Crippen LogP contribution in [0.4, 0.5) is 4.39 Å². The van der Waals surface area contributed by atoms with E-state index in [0.29, 0.717) is 30.6 Å². The fourth-order valence-corrected chi connectivity index (χ4v) is 3.17. The highest BCUT2D eigenvalue weighted by atomic mass is 19.1. The molecule has 0 aliphatic rings. The number of hydrogen-bond donors (Lipinski definition) is 0. The van der Waals surface area contributed by atoms with Gasteiger partial charge in [-0.1, -0.05) is 64.0 Å². The summed E-state index contributed by atoms with van der Waals surface area (Å²) in [6, 6.07) is 5.03. The standard InChI is InChI=1S/C23H31FO3/c1-3-5-7-8-9-10-11-12-16-26-20-15-14-18-17-19(13-6-4-2)27-23(25)21(18)22(20)24/h4,14-15,17H,2-3,5-13,16H2,1H3. The first-order chi connectivity index (χ1) is 13.2. The van der Waals surface area contributed by atoms with Crippen molar-refractivity contribution in [3.05, 3.63) is 52.9 Å². The number of hydrogen-bond acceptors (Lipinski definition) is 3. The zero-order valence-electron chi connectivity index (χ0n) is 16.4. The van der Waals surface area contributed by atoms with Crippen LogP contribution in [0.25, 0.3) is 10.8 Å². The van der Waals surface area contributed by atoms with Crippen molar-refractivity contribution >= 4 is 10.8 Å². The van der Waals surface area contributed by atoms with Crippen molar-refractivity contribution < 1.29 is 13.5 Å². The second-order valence-electron chi connectivity index (χ2n) is 6.99. The quantitative estimate of drug-likeness (QED) is 0.294. The molecule has 3 nitrogen and oxygen atoms in total. The zero-order valence-corrected chi connectivity index (χ0v) is 16.4. The summed E-state index contributed by atoms with van der Waals surface area (Å²) in [5.41, 5.74) is -0.651. The lowest BCUT2D eigenvalue weighted by atomic mass is 10.1. The fourth-order valence-electron chi connectivity index (χ4n) is 3.17. The van der Waals surface area contributed by atoms with Crippen LogP contribution in [0.1, 0.15) is 70.5 Å². The Morgan fingerprint density at radius 2 is 1.81 bits per heavy atom. The Kier molecular flexibility index (Phi) is 9.09. The Morgan fingerprint density at radius 1 is 1.11 bits per heavy atom. The summed E-state index contributed by atoms with van der Waals surface area (Å²) < 4.78 is 25.5. The number of ether oxygens (including phenoxy) is 1. The van der Waals surface area contributed by atoms with Gasteiger partial charge in [-0.25, -0.2) is 9.18 Å². The molecule has 0 aliphatic heterocycles. The molecule has 2 aromatic rings. The van der Waals surface area contributed by atoms with E-state index in [1.165, 1.54) is 38.5 Å². The first-order valence-electron chi connectivity index (χ1n) is 10.2. The molecule has 0 amide bonds. The molecule has 0 spiro atoms. The predicted octanol–water partition coefficient (Wildman–Crippen LogP) is 6.57.